The summed E-state index contributed by atoms with van der Waals surface area (Å²) in [6.45, 7) is 4.90. The molecule has 0 spiro atoms. The van der Waals surface area contributed by atoms with Gasteiger partial charge in [0.05, 0.1) is 41.5 Å². The zero-order valence-electron chi connectivity index (χ0n) is 16.5. The largest absolute Gasteiger partial charge is 0.392 e. The zero-order chi connectivity index (χ0) is 20.4. The summed E-state index contributed by atoms with van der Waals surface area (Å²) in [5, 5.41) is 21.3. The summed E-state index contributed by atoms with van der Waals surface area (Å²) >= 11 is 0. The molecule has 1 aliphatic rings. The summed E-state index contributed by atoms with van der Waals surface area (Å²) in [6.07, 6.45) is 4.87. The van der Waals surface area contributed by atoms with Gasteiger partial charge in [-0.15, -0.1) is 0 Å². The third-order valence-corrected chi connectivity index (χ3v) is 5.40. The fraction of sp³-hybridized carbons (Fsp3) is 0.381. The highest BCUT2D eigenvalue weighted by Gasteiger charge is 2.27. The number of aliphatic hydroxyl groups is 1. The van der Waals surface area contributed by atoms with Crippen molar-refractivity contribution in [1.29, 1.82) is 0 Å². The lowest BCUT2D eigenvalue weighted by Gasteiger charge is -2.32. The Morgan fingerprint density at radius 1 is 1.28 bits per heavy atom. The number of amides is 1. The third kappa shape index (κ3) is 3.75. The van der Waals surface area contributed by atoms with E-state index in [1.54, 1.807) is 6.07 Å². The summed E-state index contributed by atoms with van der Waals surface area (Å²) in [5.41, 5.74) is 4.44. The lowest BCUT2D eigenvalue weighted by atomic mass is 9.92. The second-order valence-corrected chi connectivity index (χ2v) is 7.32. The Morgan fingerprint density at radius 3 is 2.83 bits per heavy atom. The number of likely N-dealkylation sites (tertiary alicyclic amines) is 1. The predicted octanol–water partition coefficient (Wildman–Crippen LogP) is 2.66. The van der Waals surface area contributed by atoms with Crippen LogP contribution in [0.5, 0.6) is 0 Å². The van der Waals surface area contributed by atoms with Crippen molar-refractivity contribution in [3.05, 3.63) is 58.9 Å². The van der Waals surface area contributed by atoms with Gasteiger partial charge >= 0.3 is 0 Å². The summed E-state index contributed by atoms with van der Waals surface area (Å²) in [6, 6.07) is 5.53. The molecule has 1 fully saturated rings. The molecule has 3 aromatic rings. The molecule has 4 heterocycles. The number of carbonyl (C=O) groups excluding carboxylic acids is 1. The van der Waals surface area contributed by atoms with E-state index in [0.717, 1.165) is 35.4 Å². The average Bonchev–Trinajstić information content (AvgIpc) is 3.11. The number of pyridine rings is 1. The molecule has 0 unspecified atom stereocenters. The van der Waals surface area contributed by atoms with Crippen LogP contribution in [0.4, 0.5) is 0 Å². The van der Waals surface area contributed by atoms with E-state index in [1.165, 1.54) is 12.4 Å². The van der Waals surface area contributed by atoms with Crippen LogP contribution in [-0.2, 0) is 6.61 Å². The standard InChI is InChI=1S/C21H23N5O3/c1-13-19(14(2)29-25-13)20-17(12-27)5-6-18(24-20)16-4-3-9-26(11-16)21(28)15-7-8-22-23-10-15/h5-8,10,16,27H,3-4,9,11-12H2,1-2H3/t16-/m0/s1. The maximum Gasteiger partial charge on any atom is 0.255 e. The molecule has 0 aliphatic carbocycles. The van der Waals surface area contributed by atoms with Crippen molar-refractivity contribution < 1.29 is 14.4 Å². The van der Waals surface area contributed by atoms with E-state index in [1.807, 2.05) is 30.9 Å². The Morgan fingerprint density at radius 2 is 2.14 bits per heavy atom. The first-order valence-corrected chi connectivity index (χ1v) is 9.68. The van der Waals surface area contributed by atoms with Gasteiger partial charge in [0.25, 0.3) is 5.91 Å². The minimum atomic E-state index is -0.114. The summed E-state index contributed by atoms with van der Waals surface area (Å²) in [4.78, 5) is 19.5. The second kappa shape index (κ2) is 8.08. The van der Waals surface area contributed by atoms with E-state index >= 15 is 0 Å². The minimum absolute atomic E-state index is 0.0393. The average molecular weight is 393 g/mol. The van der Waals surface area contributed by atoms with Crippen molar-refractivity contribution in [3.8, 4) is 11.3 Å². The topological polar surface area (TPSA) is 105 Å². The lowest BCUT2D eigenvalue weighted by Crippen LogP contribution is -2.39. The van der Waals surface area contributed by atoms with Crippen molar-refractivity contribution in [2.24, 2.45) is 0 Å². The van der Waals surface area contributed by atoms with Gasteiger partial charge in [-0.2, -0.15) is 10.2 Å². The molecule has 0 bridgehead atoms. The van der Waals surface area contributed by atoms with Crippen LogP contribution in [-0.4, -0.2) is 49.3 Å². The van der Waals surface area contributed by atoms with Gasteiger partial charge in [-0.05, 0) is 38.8 Å². The number of aliphatic hydroxyl groups excluding tert-OH is 1. The van der Waals surface area contributed by atoms with Crippen LogP contribution < -0.4 is 0 Å². The van der Waals surface area contributed by atoms with Gasteiger partial charge in [0, 0.05) is 30.3 Å². The summed E-state index contributed by atoms with van der Waals surface area (Å²) in [7, 11) is 0. The van der Waals surface area contributed by atoms with Crippen LogP contribution >= 0.6 is 0 Å². The van der Waals surface area contributed by atoms with E-state index in [2.05, 4.69) is 15.4 Å². The quantitative estimate of drug-likeness (QED) is 0.726. The van der Waals surface area contributed by atoms with Gasteiger partial charge in [-0.3, -0.25) is 9.78 Å². The molecular formula is C21H23N5O3. The van der Waals surface area contributed by atoms with Crippen molar-refractivity contribution in [1.82, 2.24) is 25.2 Å². The van der Waals surface area contributed by atoms with Crippen LogP contribution in [0.1, 0.15) is 51.8 Å². The Labute approximate surface area is 168 Å². The number of piperidine rings is 1. The van der Waals surface area contributed by atoms with Crippen LogP contribution in [0.15, 0.2) is 35.1 Å². The molecule has 4 rings (SSSR count). The van der Waals surface area contributed by atoms with Gasteiger partial charge in [-0.25, -0.2) is 0 Å². The molecule has 1 saturated heterocycles. The summed E-state index contributed by atoms with van der Waals surface area (Å²) < 4.78 is 5.30. The Balaban J connectivity index is 1.63. The maximum absolute atomic E-state index is 12.8. The van der Waals surface area contributed by atoms with E-state index in [9.17, 15) is 9.90 Å². The van der Waals surface area contributed by atoms with Gasteiger partial charge < -0.3 is 14.5 Å². The fourth-order valence-electron chi connectivity index (χ4n) is 3.90. The molecule has 1 amide bonds. The molecule has 0 saturated carbocycles. The van der Waals surface area contributed by atoms with Gasteiger partial charge in [-0.1, -0.05) is 11.2 Å². The highest BCUT2D eigenvalue weighted by Crippen LogP contribution is 2.32. The summed E-state index contributed by atoms with van der Waals surface area (Å²) in [5.74, 6) is 0.754. The molecule has 0 aromatic carbocycles. The monoisotopic (exact) mass is 393 g/mol. The van der Waals surface area contributed by atoms with E-state index in [-0.39, 0.29) is 18.4 Å². The van der Waals surface area contributed by atoms with Crippen LogP contribution in [0.3, 0.4) is 0 Å². The Hall–Kier alpha value is -3.13. The molecule has 1 aliphatic heterocycles. The van der Waals surface area contributed by atoms with Gasteiger partial charge in [0.15, 0.2) is 0 Å². The van der Waals surface area contributed by atoms with Gasteiger partial charge in [0.2, 0.25) is 0 Å². The molecule has 1 N–H and O–H groups in total. The predicted molar refractivity (Wildman–Crippen MR) is 105 cm³/mol. The number of nitrogens with zero attached hydrogens (tertiary/aromatic N) is 5. The zero-order valence-corrected chi connectivity index (χ0v) is 16.5. The molecule has 8 heteroatoms. The van der Waals surface area contributed by atoms with E-state index in [0.29, 0.717) is 30.1 Å². The number of hydrogen-bond acceptors (Lipinski definition) is 7. The van der Waals surface area contributed by atoms with Crippen molar-refractivity contribution >= 4 is 5.91 Å². The van der Waals surface area contributed by atoms with Crippen LogP contribution in [0.2, 0.25) is 0 Å². The molecular weight excluding hydrogens is 370 g/mol. The molecule has 0 radical (unpaired) electrons. The van der Waals surface area contributed by atoms with Crippen LogP contribution in [0.25, 0.3) is 11.3 Å². The molecule has 8 nitrogen and oxygen atoms in total. The Kier molecular flexibility index (Phi) is 5.35. The first kappa shape index (κ1) is 19.2. The Bertz CT molecular complexity index is 999. The molecule has 1 atom stereocenters. The van der Waals surface area contributed by atoms with E-state index in [4.69, 9.17) is 9.51 Å². The number of rotatable bonds is 4. The van der Waals surface area contributed by atoms with E-state index < -0.39 is 0 Å². The van der Waals surface area contributed by atoms with Gasteiger partial charge in [0.1, 0.15) is 5.76 Å². The maximum atomic E-state index is 12.8. The van der Waals surface area contributed by atoms with Crippen molar-refractivity contribution in [3.63, 3.8) is 0 Å². The first-order chi connectivity index (χ1) is 14.1. The number of hydrogen-bond donors (Lipinski definition) is 1. The normalized spacial score (nSPS) is 16.8. The number of aromatic nitrogens is 4. The number of carbonyl (C=O) groups is 1. The van der Waals surface area contributed by atoms with Crippen molar-refractivity contribution in [2.75, 3.05) is 13.1 Å². The second-order valence-electron chi connectivity index (χ2n) is 7.32. The van der Waals surface area contributed by atoms with Crippen LogP contribution in [0, 0.1) is 13.8 Å². The molecule has 3 aromatic heterocycles. The molecule has 29 heavy (non-hydrogen) atoms. The first-order valence-electron chi connectivity index (χ1n) is 9.68. The SMILES string of the molecule is Cc1noc(C)c1-c1nc([C@H]2CCCN(C(=O)c3ccnnc3)C2)ccc1CO. The van der Waals surface area contributed by atoms with Crippen molar-refractivity contribution in [2.45, 2.75) is 39.2 Å². The smallest absolute Gasteiger partial charge is 0.255 e. The number of aryl methyl sites for hydroxylation is 2. The highest BCUT2D eigenvalue weighted by molar-refractivity contribution is 5.93. The fourth-order valence-corrected chi connectivity index (χ4v) is 3.90. The third-order valence-electron chi connectivity index (χ3n) is 5.40. The minimum Gasteiger partial charge on any atom is -0.392 e. The molecule has 150 valence electrons. The highest BCUT2D eigenvalue weighted by atomic mass is 16.5. The lowest BCUT2D eigenvalue weighted by molar-refractivity contribution is 0.0705.